The quantitative estimate of drug-likeness (QED) is 0.572. The summed E-state index contributed by atoms with van der Waals surface area (Å²) in [6.07, 6.45) is 3.69. The lowest BCUT2D eigenvalue weighted by molar-refractivity contribution is 0.881. The van der Waals surface area contributed by atoms with Crippen LogP contribution in [0.1, 0.15) is 5.56 Å². The minimum absolute atomic E-state index is 0.685. The molecule has 4 heteroatoms. The average Bonchev–Trinajstić information content (AvgIpc) is 2.75. The number of aromatic nitrogens is 2. The van der Waals surface area contributed by atoms with E-state index in [1.165, 1.54) is 0 Å². The van der Waals surface area contributed by atoms with Crippen LogP contribution >= 0.6 is 11.6 Å². The molecule has 0 saturated carbocycles. The zero-order valence-corrected chi connectivity index (χ0v) is 12.5. The summed E-state index contributed by atoms with van der Waals surface area (Å²) in [5, 5.41) is 4.98. The van der Waals surface area contributed by atoms with Gasteiger partial charge in [-0.3, -0.25) is 0 Å². The van der Waals surface area contributed by atoms with E-state index < -0.39 is 8.07 Å². The van der Waals surface area contributed by atoms with E-state index in [0.717, 1.165) is 11.3 Å². The van der Waals surface area contributed by atoms with Gasteiger partial charge in [0.25, 0.3) is 0 Å². The minimum atomic E-state index is -1.35. The fourth-order valence-corrected chi connectivity index (χ4v) is 2.16. The Balaban J connectivity index is 2.31. The van der Waals surface area contributed by atoms with Gasteiger partial charge in [-0.1, -0.05) is 49.3 Å². The number of hydrogen-bond donors (Lipinski definition) is 0. The predicted molar refractivity (Wildman–Crippen MR) is 78.8 cm³/mol. The molecule has 0 aliphatic heterocycles. The summed E-state index contributed by atoms with van der Waals surface area (Å²) < 4.78 is 1.76. The van der Waals surface area contributed by atoms with Gasteiger partial charge in [-0.25, -0.2) is 4.68 Å². The lowest BCUT2D eigenvalue weighted by atomic mass is 10.3. The number of para-hydroxylation sites is 1. The molecule has 0 unspecified atom stereocenters. The maximum Gasteiger partial charge on any atom is 0.129 e. The van der Waals surface area contributed by atoms with Gasteiger partial charge in [-0.15, -0.1) is 5.54 Å². The van der Waals surface area contributed by atoms with Crippen LogP contribution in [0.25, 0.3) is 5.69 Å². The first-order chi connectivity index (χ1) is 8.46. The maximum atomic E-state index is 6.13. The van der Waals surface area contributed by atoms with E-state index in [1.807, 2.05) is 30.5 Å². The molecule has 0 saturated heterocycles. The number of halogens is 1. The molecular weight excluding hydrogens is 260 g/mol. The zero-order valence-electron chi connectivity index (χ0n) is 10.7. The largest absolute Gasteiger partial charge is 0.238 e. The van der Waals surface area contributed by atoms with Gasteiger partial charge in [0.05, 0.1) is 22.5 Å². The van der Waals surface area contributed by atoms with Gasteiger partial charge < -0.3 is 0 Å². The molecule has 0 aliphatic rings. The lowest BCUT2D eigenvalue weighted by Crippen LogP contribution is -2.16. The van der Waals surface area contributed by atoms with Gasteiger partial charge in [0.15, 0.2) is 0 Å². The number of rotatable bonds is 1. The third-order valence-corrected chi connectivity index (χ3v) is 3.46. The van der Waals surface area contributed by atoms with Crippen LogP contribution in [0.2, 0.25) is 24.7 Å². The van der Waals surface area contributed by atoms with Crippen molar-refractivity contribution in [2.24, 2.45) is 0 Å². The van der Waals surface area contributed by atoms with E-state index in [1.54, 1.807) is 10.9 Å². The van der Waals surface area contributed by atoms with E-state index in [4.69, 9.17) is 11.6 Å². The van der Waals surface area contributed by atoms with E-state index in [0.29, 0.717) is 5.02 Å². The average molecular weight is 275 g/mol. The Hall–Kier alpha value is -1.50. The van der Waals surface area contributed by atoms with Crippen molar-refractivity contribution >= 4 is 19.7 Å². The van der Waals surface area contributed by atoms with Crippen molar-refractivity contribution in [3.05, 3.63) is 47.2 Å². The molecule has 2 rings (SSSR count). The van der Waals surface area contributed by atoms with Crippen molar-refractivity contribution in [3.63, 3.8) is 0 Å². The molecule has 0 atom stereocenters. The second-order valence-corrected chi connectivity index (χ2v) is 10.3. The van der Waals surface area contributed by atoms with E-state index in [-0.39, 0.29) is 0 Å². The molecule has 1 aromatic carbocycles. The molecule has 0 aliphatic carbocycles. The van der Waals surface area contributed by atoms with Crippen LogP contribution < -0.4 is 0 Å². The molecule has 0 fully saturated rings. The Morgan fingerprint density at radius 1 is 1.22 bits per heavy atom. The smallest absolute Gasteiger partial charge is 0.129 e. The van der Waals surface area contributed by atoms with Crippen LogP contribution in [-0.4, -0.2) is 17.9 Å². The Kier molecular flexibility index (Phi) is 3.60. The van der Waals surface area contributed by atoms with Gasteiger partial charge in [-0.2, -0.15) is 5.10 Å². The van der Waals surface area contributed by atoms with Crippen LogP contribution in [0.5, 0.6) is 0 Å². The molecule has 2 nitrogen and oxygen atoms in total. The molecule has 2 aromatic rings. The van der Waals surface area contributed by atoms with Crippen LogP contribution in [-0.2, 0) is 0 Å². The van der Waals surface area contributed by atoms with E-state index in [9.17, 15) is 0 Å². The van der Waals surface area contributed by atoms with Crippen LogP contribution in [0.15, 0.2) is 36.7 Å². The molecular formula is C14H15ClN2Si. The molecule has 18 heavy (non-hydrogen) atoms. The van der Waals surface area contributed by atoms with Crippen LogP contribution in [0, 0.1) is 11.5 Å². The molecule has 1 aromatic heterocycles. The summed E-state index contributed by atoms with van der Waals surface area (Å²) in [6, 6.07) is 7.63. The molecule has 92 valence electrons. The number of benzene rings is 1. The third-order valence-electron chi connectivity index (χ3n) is 2.26. The first-order valence-corrected chi connectivity index (χ1v) is 9.66. The Morgan fingerprint density at radius 2 is 1.94 bits per heavy atom. The molecule has 1 heterocycles. The summed E-state index contributed by atoms with van der Waals surface area (Å²) in [7, 11) is -1.35. The highest BCUT2D eigenvalue weighted by Crippen LogP contribution is 2.19. The summed E-state index contributed by atoms with van der Waals surface area (Å²) in [6.45, 7) is 6.66. The van der Waals surface area contributed by atoms with E-state index in [2.05, 4.69) is 36.2 Å². The van der Waals surface area contributed by atoms with Crippen LogP contribution in [0.3, 0.4) is 0 Å². The van der Waals surface area contributed by atoms with Gasteiger partial charge in [-0.05, 0) is 12.1 Å². The number of hydrogen-bond acceptors (Lipinski definition) is 1. The molecule has 0 spiro atoms. The van der Waals surface area contributed by atoms with Gasteiger partial charge in [0.2, 0.25) is 0 Å². The topological polar surface area (TPSA) is 17.8 Å². The Labute approximate surface area is 114 Å². The SMILES string of the molecule is C[Si](C)(C)C#Cc1cnn(-c2ccccc2Cl)c1. The zero-order chi connectivity index (χ0) is 13.2. The highest BCUT2D eigenvalue weighted by molar-refractivity contribution is 6.83. The Morgan fingerprint density at radius 3 is 2.61 bits per heavy atom. The fourth-order valence-electron chi connectivity index (χ4n) is 1.42. The lowest BCUT2D eigenvalue weighted by Gasteiger charge is -2.03. The normalized spacial score (nSPS) is 10.9. The van der Waals surface area contributed by atoms with Crippen LogP contribution in [0.4, 0.5) is 0 Å². The molecule has 0 radical (unpaired) electrons. The standard InChI is InChI=1S/C14H15ClN2Si/c1-18(2,3)9-8-12-10-16-17(11-12)14-7-5-4-6-13(14)15/h4-7,10-11H,1-3H3. The van der Waals surface area contributed by atoms with Gasteiger partial charge in [0.1, 0.15) is 8.07 Å². The van der Waals surface area contributed by atoms with Crippen molar-refractivity contribution in [3.8, 4) is 17.2 Å². The molecule has 0 amide bonds. The van der Waals surface area contributed by atoms with Crippen molar-refractivity contribution < 1.29 is 0 Å². The predicted octanol–water partition coefficient (Wildman–Crippen LogP) is 3.75. The minimum Gasteiger partial charge on any atom is -0.238 e. The summed E-state index contributed by atoms with van der Waals surface area (Å²) in [4.78, 5) is 0. The van der Waals surface area contributed by atoms with Gasteiger partial charge >= 0.3 is 0 Å². The van der Waals surface area contributed by atoms with Crippen molar-refractivity contribution in [1.29, 1.82) is 0 Å². The second kappa shape index (κ2) is 5.01. The fraction of sp³-hybridized carbons (Fsp3) is 0.214. The van der Waals surface area contributed by atoms with Crippen molar-refractivity contribution in [2.75, 3.05) is 0 Å². The monoisotopic (exact) mass is 274 g/mol. The van der Waals surface area contributed by atoms with Crippen molar-refractivity contribution in [1.82, 2.24) is 9.78 Å². The number of nitrogens with zero attached hydrogens (tertiary/aromatic N) is 2. The highest BCUT2D eigenvalue weighted by atomic mass is 35.5. The van der Waals surface area contributed by atoms with E-state index >= 15 is 0 Å². The first kappa shape index (κ1) is 12.9. The van der Waals surface area contributed by atoms with Crippen molar-refractivity contribution in [2.45, 2.75) is 19.6 Å². The second-order valence-electron chi connectivity index (χ2n) is 5.12. The highest BCUT2D eigenvalue weighted by Gasteiger charge is 2.08. The molecule has 0 N–H and O–H groups in total. The molecule has 0 bridgehead atoms. The summed E-state index contributed by atoms with van der Waals surface area (Å²) in [5.41, 5.74) is 5.12. The maximum absolute atomic E-state index is 6.13. The Bertz CT molecular complexity index is 614. The third kappa shape index (κ3) is 3.25. The summed E-state index contributed by atoms with van der Waals surface area (Å²) in [5.74, 6) is 3.18. The first-order valence-electron chi connectivity index (χ1n) is 5.78. The summed E-state index contributed by atoms with van der Waals surface area (Å²) >= 11 is 6.13. The van der Waals surface area contributed by atoms with Gasteiger partial charge in [0, 0.05) is 6.20 Å².